The van der Waals surface area contributed by atoms with Crippen LogP contribution in [-0.4, -0.2) is 34.0 Å². The average Bonchev–Trinajstić information content (AvgIpc) is 2.84. The molecule has 0 radical (unpaired) electrons. The molecule has 0 spiro atoms. The largest absolute Gasteiger partial charge is 0.487 e. The van der Waals surface area contributed by atoms with Crippen molar-refractivity contribution < 1.29 is 19.4 Å². The zero-order valence-corrected chi connectivity index (χ0v) is 21.6. The number of carboxylic acid groups (broad SMARTS) is 1. The average molecular weight is 506 g/mol. The summed E-state index contributed by atoms with van der Waals surface area (Å²) in [4.78, 5) is 26.1. The third-order valence-corrected chi connectivity index (χ3v) is 6.84. The maximum Gasteiger partial charge on any atom is 0.323 e. The summed E-state index contributed by atoms with van der Waals surface area (Å²) in [6.45, 7) is 4.08. The molecular formula is C30H32ClNO4. The van der Waals surface area contributed by atoms with E-state index in [-0.39, 0.29) is 18.1 Å². The van der Waals surface area contributed by atoms with Crippen molar-refractivity contribution in [3.05, 3.63) is 99.6 Å². The number of carbonyl (C=O) groups is 2. The van der Waals surface area contributed by atoms with Gasteiger partial charge >= 0.3 is 5.97 Å². The number of hydrogen-bond acceptors (Lipinski definition) is 3. The van der Waals surface area contributed by atoms with Gasteiger partial charge < -0.3 is 14.7 Å². The van der Waals surface area contributed by atoms with Gasteiger partial charge in [-0.3, -0.25) is 9.59 Å². The molecule has 0 fully saturated rings. The molecule has 0 aromatic heterocycles. The number of ether oxygens (including phenoxy) is 1. The van der Waals surface area contributed by atoms with E-state index in [1.54, 1.807) is 24.3 Å². The summed E-state index contributed by atoms with van der Waals surface area (Å²) < 4.78 is 6.44. The first-order valence-electron chi connectivity index (χ1n) is 12.4. The molecule has 36 heavy (non-hydrogen) atoms. The first-order valence-corrected chi connectivity index (χ1v) is 12.8. The number of aliphatic carboxylic acids is 1. The van der Waals surface area contributed by atoms with E-state index in [4.69, 9.17) is 16.3 Å². The molecule has 1 heterocycles. The van der Waals surface area contributed by atoms with E-state index in [1.165, 1.54) is 16.0 Å². The highest BCUT2D eigenvalue weighted by molar-refractivity contribution is 6.30. The van der Waals surface area contributed by atoms with Gasteiger partial charge in [0.05, 0.1) is 0 Å². The van der Waals surface area contributed by atoms with Gasteiger partial charge in [0.15, 0.2) is 0 Å². The molecule has 3 aromatic rings. The third-order valence-electron chi connectivity index (χ3n) is 6.60. The Hall–Kier alpha value is -3.31. The second kappa shape index (κ2) is 11.2. The standard InChI is InChI=1S/C30H32ClNO4/c1-3-5-21-8-10-22(11-9-21)18-30(2)15-14-24-17-25(12-13-27(24)36-30)29(35)32(20-28(33)34)19-23-6-4-7-26(31)16-23/h4,6-13,16-17H,3,5,14-15,18-20H2,1-2H3,(H,33,34)/t30-/m1/s1. The fourth-order valence-electron chi connectivity index (χ4n) is 4.79. The second-order valence-electron chi connectivity index (χ2n) is 9.80. The SMILES string of the molecule is CCCc1ccc(C[C@@]2(C)CCc3cc(C(=O)N(CC(=O)O)Cc4cccc(Cl)c4)ccc3O2)cc1. The number of carboxylic acids is 1. The van der Waals surface area contributed by atoms with Crippen LogP contribution in [-0.2, 0) is 30.6 Å². The molecule has 1 aliphatic heterocycles. The van der Waals surface area contributed by atoms with Gasteiger partial charge in [0.1, 0.15) is 17.9 Å². The third kappa shape index (κ3) is 6.46. The molecule has 1 atom stereocenters. The molecule has 1 aliphatic rings. The maximum atomic E-state index is 13.3. The number of fused-ring (bicyclic) bond motifs is 1. The van der Waals surface area contributed by atoms with Crippen LogP contribution in [0.4, 0.5) is 0 Å². The number of benzene rings is 3. The summed E-state index contributed by atoms with van der Waals surface area (Å²) in [5.74, 6) is -0.617. The molecular weight excluding hydrogens is 474 g/mol. The van der Waals surface area contributed by atoms with Crippen LogP contribution in [0.1, 0.15) is 59.3 Å². The van der Waals surface area contributed by atoms with E-state index >= 15 is 0 Å². The van der Waals surface area contributed by atoms with Gasteiger partial charge in [-0.05, 0) is 78.8 Å². The highest BCUT2D eigenvalue weighted by atomic mass is 35.5. The van der Waals surface area contributed by atoms with Crippen molar-refractivity contribution >= 4 is 23.5 Å². The normalized spacial score (nSPS) is 16.6. The van der Waals surface area contributed by atoms with Crippen LogP contribution < -0.4 is 4.74 Å². The molecule has 0 aliphatic carbocycles. The first kappa shape index (κ1) is 25.8. The Labute approximate surface area is 217 Å². The Balaban J connectivity index is 1.48. The van der Waals surface area contributed by atoms with Crippen LogP contribution in [0.15, 0.2) is 66.7 Å². The van der Waals surface area contributed by atoms with Crippen molar-refractivity contribution in [3.8, 4) is 5.75 Å². The highest BCUT2D eigenvalue weighted by Gasteiger charge is 2.32. The van der Waals surface area contributed by atoms with Crippen LogP contribution in [0.2, 0.25) is 5.02 Å². The molecule has 0 unspecified atom stereocenters. The zero-order valence-electron chi connectivity index (χ0n) is 20.8. The van der Waals surface area contributed by atoms with Crippen molar-refractivity contribution in [1.29, 1.82) is 0 Å². The fraction of sp³-hybridized carbons (Fsp3) is 0.333. The lowest BCUT2D eigenvalue weighted by Crippen LogP contribution is -2.39. The first-order chi connectivity index (χ1) is 17.2. The number of nitrogens with zero attached hydrogens (tertiary/aromatic N) is 1. The minimum Gasteiger partial charge on any atom is -0.487 e. The van der Waals surface area contributed by atoms with Gasteiger partial charge in [-0.15, -0.1) is 0 Å². The maximum absolute atomic E-state index is 13.3. The highest BCUT2D eigenvalue weighted by Crippen LogP contribution is 2.36. The van der Waals surface area contributed by atoms with Crippen molar-refractivity contribution in [2.24, 2.45) is 0 Å². The number of amides is 1. The van der Waals surface area contributed by atoms with E-state index in [2.05, 4.69) is 38.1 Å². The van der Waals surface area contributed by atoms with Crippen molar-refractivity contribution in [2.45, 2.75) is 58.1 Å². The Morgan fingerprint density at radius 2 is 1.78 bits per heavy atom. The van der Waals surface area contributed by atoms with Crippen LogP contribution >= 0.6 is 11.6 Å². The van der Waals surface area contributed by atoms with Gasteiger partial charge in [-0.2, -0.15) is 0 Å². The molecule has 0 saturated carbocycles. The molecule has 6 heteroatoms. The predicted octanol–water partition coefficient (Wildman–Crippen LogP) is 6.35. The van der Waals surface area contributed by atoms with Gasteiger partial charge in [0.25, 0.3) is 5.91 Å². The van der Waals surface area contributed by atoms with E-state index < -0.39 is 12.5 Å². The fourth-order valence-corrected chi connectivity index (χ4v) is 5.01. The van der Waals surface area contributed by atoms with E-state index in [0.717, 1.165) is 49.0 Å². The molecule has 1 N–H and O–H groups in total. The van der Waals surface area contributed by atoms with Crippen LogP contribution in [0, 0.1) is 0 Å². The van der Waals surface area contributed by atoms with Gasteiger partial charge in [-0.1, -0.05) is 61.3 Å². The quantitative estimate of drug-likeness (QED) is 0.368. The summed E-state index contributed by atoms with van der Waals surface area (Å²) in [6.07, 6.45) is 4.65. The lowest BCUT2D eigenvalue weighted by molar-refractivity contribution is -0.137. The van der Waals surface area contributed by atoms with Gasteiger partial charge in [0, 0.05) is 23.6 Å². The van der Waals surface area contributed by atoms with Crippen molar-refractivity contribution in [1.82, 2.24) is 4.90 Å². The molecule has 188 valence electrons. The Morgan fingerprint density at radius 1 is 1.03 bits per heavy atom. The summed E-state index contributed by atoms with van der Waals surface area (Å²) in [6, 6.07) is 21.3. The Bertz CT molecular complexity index is 1240. The number of hydrogen-bond donors (Lipinski definition) is 1. The Morgan fingerprint density at radius 3 is 2.47 bits per heavy atom. The monoisotopic (exact) mass is 505 g/mol. The molecule has 1 amide bonds. The van der Waals surface area contributed by atoms with Gasteiger partial charge in [-0.25, -0.2) is 0 Å². The van der Waals surface area contributed by atoms with Crippen LogP contribution in [0.25, 0.3) is 0 Å². The zero-order chi connectivity index (χ0) is 25.7. The minimum absolute atomic E-state index is 0.161. The molecule has 0 bridgehead atoms. The molecule has 4 rings (SSSR count). The predicted molar refractivity (Wildman–Crippen MR) is 142 cm³/mol. The summed E-state index contributed by atoms with van der Waals surface area (Å²) in [7, 11) is 0. The topological polar surface area (TPSA) is 66.8 Å². The number of aryl methyl sites for hydroxylation is 2. The van der Waals surface area contributed by atoms with E-state index in [9.17, 15) is 14.7 Å². The second-order valence-corrected chi connectivity index (χ2v) is 10.2. The summed E-state index contributed by atoms with van der Waals surface area (Å²) in [5, 5.41) is 9.93. The number of carbonyl (C=O) groups excluding carboxylic acids is 1. The number of halogens is 1. The van der Waals surface area contributed by atoms with Crippen molar-refractivity contribution in [2.75, 3.05) is 6.54 Å². The van der Waals surface area contributed by atoms with Crippen molar-refractivity contribution in [3.63, 3.8) is 0 Å². The van der Waals surface area contributed by atoms with E-state index in [1.807, 2.05) is 18.2 Å². The minimum atomic E-state index is -1.06. The Kier molecular flexibility index (Phi) is 8.00. The lowest BCUT2D eigenvalue weighted by atomic mass is 9.86. The van der Waals surface area contributed by atoms with E-state index in [0.29, 0.717) is 10.6 Å². The van der Waals surface area contributed by atoms with Crippen LogP contribution in [0.5, 0.6) is 5.75 Å². The molecule has 5 nitrogen and oxygen atoms in total. The van der Waals surface area contributed by atoms with Gasteiger partial charge in [0.2, 0.25) is 0 Å². The lowest BCUT2D eigenvalue weighted by Gasteiger charge is -2.36. The molecule has 3 aromatic carbocycles. The summed E-state index contributed by atoms with van der Waals surface area (Å²) >= 11 is 6.07. The van der Waals surface area contributed by atoms with Crippen LogP contribution in [0.3, 0.4) is 0 Å². The smallest absolute Gasteiger partial charge is 0.323 e. The summed E-state index contributed by atoms with van der Waals surface area (Å²) in [5.41, 5.74) is 4.47. The number of rotatable bonds is 9. The molecule has 0 saturated heterocycles.